The number of hydrogen-bond acceptors (Lipinski definition) is 3. The predicted molar refractivity (Wildman–Crippen MR) is 56.1 cm³/mol. The first-order valence-electron chi connectivity index (χ1n) is 4.37. The van der Waals surface area contributed by atoms with Gasteiger partial charge in [0.25, 0.3) is 0 Å². The summed E-state index contributed by atoms with van der Waals surface area (Å²) in [5, 5.41) is 0. The highest BCUT2D eigenvalue weighted by atomic mass is 16.5. The van der Waals surface area contributed by atoms with Gasteiger partial charge >= 0.3 is 12.0 Å². The summed E-state index contributed by atoms with van der Waals surface area (Å²) in [5.41, 5.74) is 8.50. The van der Waals surface area contributed by atoms with Gasteiger partial charge in [-0.3, -0.25) is 4.79 Å². The van der Waals surface area contributed by atoms with Crippen LogP contribution in [0, 0.1) is 0 Å². The Hall–Kier alpha value is -2.04. The summed E-state index contributed by atoms with van der Waals surface area (Å²) in [6.07, 6.45) is 0.412. The van der Waals surface area contributed by atoms with Gasteiger partial charge in [0.1, 0.15) is 5.75 Å². The van der Waals surface area contributed by atoms with Gasteiger partial charge in [0, 0.05) is 6.42 Å². The molecule has 0 spiro atoms. The first-order chi connectivity index (χ1) is 7.06. The van der Waals surface area contributed by atoms with Gasteiger partial charge in [-0.1, -0.05) is 25.1 Å². The summed E-state index contributed by atoms with van der Waals surface area (Å²) in [4.78, 5) is 19.8. The van der Waals surface area contributed by atoms with Crippen LogP contribution >= 0.6 is 0 Å². The molecule has 5 heteroatoms. The molecule has 0 aliphatic carbocycles. The molecule has 15 heavy (non-hydrogen) atoms. The summed E-state index contributed by atoms with van der Waals surface area (Å²) in [5.74, 6) is 0.413. The van der Waals surface area contributed by atoms with Crippen LogP contribution < -0.4 is 16.2 Å². The molecule has 0 bridgehead atoms. The summed E-state index contributed by atoms with van der Waals surface area (Å²) < 4.78 is 4.92. The first-order valence-corrected chi connectivity index (χ1v) is 4.37. The molecule has 0 radical (unpaired) electrons. The smallest absolute Gasteiger partial charge is 0.310 e. The van der Waals surface area contributed by atoms with Gasteiger partial charge in [0.05, 0.1) is 0 Å². The van der Waals surface area contributed by atoms with Gasteiger partial charge in [-0.05, 0) is 12.1 Å². The number of primary amides is 2. The van der Waals surface area contributed by atoms with Crippen LogP contribution in [0.5, 0.6) is 5.75 Å². The molecule has 0 heterocycles. The van der Waals surface area contributed by atoms with Gasteiger partial charge in [-0.15, -0.1) is 0 Å². The van der Waals surface area contributed by atoms with E-state index in [1.807, 2.05) is 18.2 Å². The van der Waals surface area contributed by atoms with Crippen molar-refractivity contribution < 1.29 is 14.3 Å². The Balaban J connectivity index is 0.000000423. The maximum atomic E-state index is 10.8. The third kappa shape index (κ3) is 8.29. The van der Waals surface area contributed by atoms with Crippen LogP contribution in [0.2, 0.25) is 0 Å². The van der Waals surface area contributed by atoms with Crippen molar-refractivity contribution in [1.82, 2.24) is 0 Å². The van der Waals surface area contributed by atoms with Crippen molar-refractivity contribution >= 4 is 12.0 Å². The Bertz CT molecular complexity index is 308. The van der Waals surface area contributed by atoms with Gasteiger partial charge in [-0.2, -0.15) is 0 Å². The van der Waals surface area contributed by atoms with Crippen LogP contribution in [-0.4, -0.2) is 12.0 Å². The van der Waals surface area contributed by atoms with E-state index in [1.165, 1.54) is 0 Å². The minimum absolute atomic E-state index is 0.198. The molecule has 0 aliphatic rings. The number of para-hydroxylation sites is 1. The minimum atomic E-state index is -0.833. The third-order valence-electron chi connectivity index (χ3n) is 1.26. The second kappa shape index (κ2) is 7.37. The normalized spacial score (nSPS) is 8.33. The van der Waals surface area contributed by atoms with Crippen LogP contribution in [0.25, 0.3) is 0 Å². The molecule has 0 saturated heterocycles. The van der Waals surface area contributed by atoms with Crippen molar-refractivity contribution in [3.8, 4) is 5.75 Å². The Morgan fingerprint density at radius 2 is 1.67 bits per heavy atom. The Morgan fingerprint density at radius 1 is 1.20 bits per heavy atom. The van der Waals surface area contributed by atoms with E-state index in [4.69, 9.17) is 9.53 Å². The molecule has 0 atom stereocenters. The zero-order valence-corrected chi connectivity index (χ0v) is 8.47. The van der Waals surface area contributed by atoms with Crippen LogP contribution in [0.15, 0.2) is 30.3 Å². The van der Waals surface area contributed by atoms with Crippen molar-refractivity contribution in [3.63, 3.8) is 0 Å². The molecular weight excluding hydrogens is 196 g/mol. The predicted octanol–water partition coefficient (Wildman–Crippen LogP) is 1.03. The fourth-order valence-corrected chi connectivity index (χ4v) is 0.692. The quantitative estimate of drug-likeness (QED) is 0.563. The van der Waals surface area contributed by atoms with Crippen LogP contribution in [-0.2, 0) is 4.79 Å². The lowest BCUT2D eigenvalue weighted by Gasteiger charge is -1.99. The van der Waals surface area contributed by atoms with E-state index in [9.17, 15) is 4.79 Å². The lowest BCUT2D eigenvalue weighted by molar-refractivity contribution is -0.134. The lowest BCUT2D eigenvalue weighted by Crippen LogP contribution is -2.18. The second-order valence-electron chi connectivity index (χ2n) is 2.54. The number of benzene rings is 1. The van der Waals surface area contributed by atoms with Crippen molar-refractivity contribution in [2.24, 2.45) is 11.5 Å². The largest absolute Gasteiger partial charge is 0.427 e. The Morgan fingerprint density at radius 3 is 2.07 bits per heavy atom. The third-order valence-corrected chi connectivity index (χ3v) is 1.26. The zero-order chi connectivity index (χ0) is 11.7. The van der Waals surface area contributed by atoms with E-state index in [0.717, 1.165) is 0 Å². The second-order valence-corrected chi connectivity index (χ2v) is 2.54. The molecule has 1 aromatic carbocycles. The summed E-state index contributed by atoms with van der Waals surface area (Å²) >= 11 is 0. The van der Waals surface area contributed by atoms with E-state index < -0.39 is 6.03 Å². The van der Waals surface area contributed by atoms with E-state index in [-0.39, 0.29) is 5.97 Å². The minimum Gasteiger partial charge on any atom is -0.427 e. The van der Waals surface area contributed by atoms with Crippen LogP contribution in [0.3, 0.4) is 0 Å². The Kier molecular flexibility index (Phi) is 6.37. The molecule has 0 aliphatic heterocycles. The maximum absolute atomic E-state index is 10.8. The molecular formula is C10H14N2O3. The highest BCUT2D eigenvalue weighted by Gasteiger charge is 1.98. The topological polar surface area (TPSA) is 95.4 Å². The molecule has 0 fully saturated rings. The Labute approximate surface area is 88.0 Å². The van der Waals surface area contributed by atoms with E-state index in [1.54, 1.807) is 19.1 Å². The number of hydrogen-bond donors (Lipinski definition) is 2. The summed E-state index contributed by atoms with van der Waals surface area (Å²) in [6, 6.07) is 8.22. The van der Waals surface area contributed by atoms with Crippen molar-refractivity contribution in [1.29, 1.82) is 0 Å². The number of esters is 1. The van der Waals surface area contributed by atoms with Crippen molar-refractivity contribution in [2.45, 2.75) is 13.3 Å². The number of carbonyl (C=O) groups is 2. The van der Waals surface area contributed by atoms with Crippen LogP contribution in [0.1, 0.15) is 13.3 Å². The molecule has 0 unspecified atom stereocenters. The van der Waals surface area contributed by atoms with Gasteiger partial charge in [-0.25, -0.2) is 4.79 Å². The molecule has 2 amide bonds. The van der Waals surface area contributed by atoms with Crippen LogP contribution in [0.4, 0.5) is 4.79 Å². The number of amides is 2. The van der Waals surface area contributed by atoms with E-state index >= 15 is 0 Å². The average Bonchev–Trinajstić information content (AvgIpc) is 2.18. The highest BCUT2D eigenvalue weighted by Crippen LogP contribution is 2.08. The number of nitrogens with two attached hydrogens (primary N) is 2. The monoisotopic (exact) mass is 210 g/mol. The number of urea groups is 1. The van der Waals surface area contributed by atoms with E-state index in [0.29, 0.717) is 12.2 Å². The van der Waals surface area contributed by atoms with Crippen molar-refractivity contribution in [2.75, 3.05) is 0 Å². The molecule has 0 aromatic heterocycles. The number of ether oxygens (including phenoxy) is 1. The molecule has 1 aromatic rings. The van der Waals surface area contributed by atoms with Gasteiger partial charge in [0.2, 0.25) is 0 Å². The molecule has 1 rings (SSSR count). The van der Waals surface area contributed by atoms with Crippen molar-refractivity contribution in [3.05, 3.63) is 30.3 Å². The molecule has 82 valence electrons. The molecule has 0 saturated carbocycles. The van der Waals surface area contributed by atoms with E-state index in [2.05, 4.69) is 11.5 Å². The number of rotatable bonds is 2. The van der Waals surface area contributed by atoms with Gasteiger partial charge < -0.3 is 16.2 Å². The van der Waals surface area contributed by atoms with Gasteiger partial charge in [0.15, 0.2) is 0 Å². The SMILES string of the molecule is CCC(=O)Oc1ccccc1.NC(N)=O. The lowest BCUT2D eigenvalue weighted by atomic mass is 10.3. The summed E-state index contributed by atoms with van der Waals surface area (Å²) in [6.45, 7) is 1.77. The molecule has 5 nitrogen and oxygen atoms in total. The zero-order valence-electron chi connectivity index (χ0n) is 8.47. The maximum Gasteiger partial charge on any atom is 0.310 e. The highest BCUT2D eigenvalue weighted by molar-refractivity contribution is 5.71. The fourth-order valence-electron chi connectivity index (χ4n) is 0.692. The first kappa shape index (κ1) is 13.0. The molecule has 4 N–H and O–H groups in total. The standard InChI is InChI=1S/C9H10O2.CH4N2O/c1-2-9(10)11-8-6-4-3-5-7-8;2-1(3)4/h3-7H,2H2,1H3;(H4,2,3,4). The summed E-state index contributed by atoms with van der Waals surface area (Å²) in [7, 11) is 0. The number of carbonyl (C=O) groups excluding carboxylic acids is 2. The fraction of sp³-hybridized carbons (Fsp3) is 0.200. The average molecular weight is 210 g/mol.